The molecule has 0 aliphatic carbocycles. The largest absolute Gasteiger partial charge is 0.383 e. The number of hydrogen-bond donors (Lipinski definition) is 0. The highest BCUT2D eigenvalue weighted by molar-refractivity contribution is 4.59. The van der Waals surface area contributed by atoms with Gasteiger partial charge in [0.15, 0.2) is 0 Å². The maximum Gasteiger partial charge on any atom is 0.0589 e. The second kappa shape index (κ2) is 22.0. The minimum Gasteiger partial charge on any atom is -0.383 e. The highest BCUT2D eigenvalue weighted by Crippen LogP contribution is 2.11. The molecule has 0 aliphatic rings. The number of rotatable bonds is 21. The summed E-state index contributed by atoms with van der Waals surface area (Å²) in [5, 5.41) is 0. The molecule has 0 aliphatic heterocycles. The van der Waals surface area contributed by atoms with E-state index < -0.39 is 0 Å². The Bertz CT molecular complexity index is 212. The number of methoxy groups -OCH3 is 1. The summed E-state index contributed by atoms with van der Waals surface area (Å²) >= 11 is 0. The van der Waals surface area contributed by atoms with E-state index in [-0.39, 0.29) is 0 Å². The zero-order valence-electron chi connectivity index (χ0n) is 18.0. The fourth-order valence-corrected chi connectivity index (χ4v) is 3.49. The summed E-state index contributed by atoms with van der Waals surface area (Å²) in [5.74, 6) is 0. The highest BCUT2D eigenvalue weighted by Gasteiger charge is 2.04. The Morgan fingerprint density at radius 3 is 1.20 bits per heavy atom. The van der Waals surface area contributed by atoms with E-state index in [0.29, 0.717) is 0 Å². The van der Waals surface area contributed by atoms with Gasteiger partial charge < -0.3 is 9.64 Å². The first kappa shape index (κ1) is 24.9. The average Bonchev–Trinajstić information content (AvgIpc) is 2.63. The first-order valence-electron chi connectivity index (χ1n) is 11.6. The van der Waals surface area contributed by atoms with E-state index in [0.717, 1.165) is 13.2 Å². The van der Waals surface area contributed by atoms with Gasteiger partial charge in [-0.3, -0.25) is 0 Å². The van der Waals surface area contributed by atoms with Crippen LogP contribution in [0.1, 0.15) is 117 Å². The summed E-state index contributed by atoms with van der Waals surface area (Å²) in [7, 11) is 1.82. The van der Waals surface area contributed by atoms with Gasteiger partial charge in [-0.05, 0) is 25.9 Å². The molecule has 0 amide bonds. The zero-order chi connectivity index (χ0) is 18.4. The molecular weight excluding hydrogens is 306 g/mol. The second-order valence-electron chi connectivity index (χ2n) is 7.78. The van der Waals surface area contributed by atoms with Crippen molar-refractivity contribution in [3.63, 3.8) is 0 Å². The molecule has 0 rings (SSSR count). The van der Waals surface area contributed by atoms with Crippen LogP contribution in [0, 0.1) is 0 Å². The monoisotopic (exact) mass is 355 g/mol. The molecule has 25 heavy (non-hydrogen) atoms. The van der Waals surface area contributed by atoms with E-state index in [2.05, 4.69) is 18.7 Å². The normalized spacial score (nSPS) is 11.5. The van der Waals surface area contributed by atoms with E-state index in [1.807, 2.05) is 7.11 Å². The maximum atomic E-state index is 5.30. The van der Waals surface area contributed by atoms with Crippen LogP contribution < -0.4 is 0 Å². The highest BCUT2D eigenvalue weighted by atomic mass is 16.5. The van der Waals surface area contributed by atoms with E-state index in [4.69, 9.17) is 4.74 Å². The summed E-state index contributed by atoms with van der Waals surface area (Å²) in [6.07, 6.45) is 22.6. The summed E-state index contributed by atoms with van der Waals surface area (Å²) in [6.45, 7) is 9.13. The third kappa shape index (κ3) is 20.1. The quantitative estimate of drug-likeness (QED) is 0.202. The Kier molecular flexibility index (Phi) is 21.9. The van der Waals surface area contributed by atoms with E-state index in [1.54, 1.807) is 0 Å². The Morgan fingerprint density at radius 1 is 0.480 bits per heavy atom. The molecule has 2 heteroatoms. The van der Waals surface area contributed by atoms with Gasteiger partial charge in [0.1, 0.15) is 0 Å². The molecule has 0 bridgehead atoms. The Hall–Kier alpha value is -0.0800. The first-order chi connectivity index (χ1) is 12.3. The lowest BCUT2D eigenvalue weighted by Crippen LogP contribution is -2.29. The molecule has 0 aromatic heterocycles. The molecule has 0 aromatic rings. The number of nitrogens with zero attached hydrogens (tertiary/aromatic N) is 1. The molecule has 0 unspecified atom stereocenters. The minimum atomic E-state index is 0.883. The van der Waals surface area contributed by atoms with Crippen molar-refractivity contribution in [1.82, 2.24) is 4.90 Å². The van der Waals surface area contributed by atoms with Crippen LogP contribution in [0.3, 0.4) is 0 Å². The fourth-order valence-electron chi connectivity index (χ4n) is 3.49. The molecule has 2 nitrogen and oxygen atoms in total. The average molecular weight is 356 g/mol. The molecule has 0 heterocycles. The van der Waals surface area contributed by atoms with Gasteiger partial charge in [0, 0.05) is 13.7 Å². The van der Waals surface area contributed by atoms with Crippen molar-refractivity contribution in [3.05, 3.63) is 0 Å². The Morgan fingerprint density at radius 2 is 0.840 bits per heavy atom. The molecular formula is C23H49NO. The van der Waals surface area contributed by atoms with Crippen LogP contribution in [0.4, 0.5) is 0 Å². The smallest absolute Gasteiger partial charge is 0.0589 e. The SMILES string of the molecule is CCCCCCCCCCN(CCCCCCCCCC)CCOC. The predicted molar refractivity (Wildman–Crippen MR) is 114 cm³/mol. The summed E-state index contributed by atoms with van der Waals surface area (Å²) < 4.78 is 5.30. The number of hydrogen-bond acceptors (Lipinski definition) is 2. The van der Waals surface area contributed by atoms with Gasteiger partial charge in [0.05, 0.1) is 6.61 Å². The van der Waals surface area contributed by atoms with E-state index in [9.17, 15) is 0 Å². The zero-order valence-corrected chi connectivity index (χ0v) is 18.0. The standard InChI is InChI=1S/C23H49NO/c1-4-6-8-10-12-14-16-18-20-24(22-23-25-3)21-19-17-15-13-11-9-7-5-2/h4-23H2,1-3H3. The minimum absolute atomic E-state index is 0.883. The van der Waals surface area contributed by atoms with E-state index in [1.165, 1.54) is 116 Å². The summed E-state index contributed by atoms with van der Waals surface area (Å²) in [5.41, 5.74) is 0. The van der Waals surface area contributed by atoms with Gasteiger partial charge in [-0.15, -0.1) is 0 Å². The van der Waals surface area contributed by atoms with Gasteiger partial charge in [0.25, 0.3) is 0 Å². The molecule has 0 atom stereocenters. The molecule has 152 valence electrons. The van der Waals surface area contributed by atoms with Crippen LogP contribution >= 0.6 is 0 Å². The summed E-state index contributed by atoms with van der Waals surface area (Å²) in [4.78, 5) is 2.64. The third-order valence-electron chi connectivity index (χ3n) is 5.27. The van der Waals surface area contributed by atoms with Crippen LogP contribution in [-0.2, 0) is 4.74 Å². The van der Waals surface area contributed by atoms with Crippen molar-refractivity contribution in [3.8, 4) is 0 Å². The topological polar surface area (TPSA) is 12.5 Å². The number of unbranched alkanes of at least 4 members (excludes halogenated alkanes) is 14. The lowest BCUT2D eigenvalue weighted by Gasteiger charge is -2.22. The third-order valence-corrected chi connectivity index (χ3v) is 5.27. The van der Waals surface area contributed by atoms with Crippen LogP contribution in [0.2, 0.25) is 0 Å². The summed E-state index contributed by atoms with van der Waals surface area (Å²) in [6, 6.07) is 0. The maximum absolute atomic E-state index is 5.30. The van der Waals surface area contributed by atoms with Gasteiger partial charge >= 0.3 is 0 Å². The Balaban J connectivity index is 3.54. The van der Waals surface area contributed by atoms with Crippen molar-refractivity contribution < 1.29 is 4.74 Å². The first-order valence-corrected chi connectivity index (χ1v) is 11.6. The lowest BCUT2D eigenvalue weighted by atomic mass is 10.1. The Labute approximate surface area is 160 Å². The number of ether oxygens (including phenoxy) is 1. The van der Waals surface area contributed by atoms with E-state index >= 15 is 0 Å². The van der Waals surface area contributed by atoms with Gasteiger partial charge in [0.2, 0.25) is 0 Å². The van der Waals surface area contributed by atoms with Gasteiger partial charge in [-0.25, -0.2) is 0 Å². The van der Waals surface area contributed by atoms with Crippen molar-refractivity contribution in [2.75, 3.05) is 33.4 Å². The van der Waals surface area contributed by atoms with Crippen LogP contribution in [0.15, 0.2) is 0 Å². The van der Waals surface area contributed by atoms with Gasteiger partial charge in [-0.2, -0.15) is 0 Å². The van der Waals surface area contributed by atoms with Crippen molar-refractivity contribution in [2.45, 2.75) is 117 Å². The molecule has 0 aromatic carbocycles. The molecule has 0 radical (unpaired) electrons. The van der Waals surface area contributed by atoms with Crippen LogP contribution in [0.25, 0.3) is 0 Å². The second-order valence-corrected chi connectivity index (χ2v) is 7.78. The molecule has 0 saturated carbocycles. The molecule has 0 spiro atoms. The molecule has 0 N–H and O–H groups in total. The van der Waals surface area contributed by atoms with Crippen molar-refractivity contribution >= 4 is 0 Å². The predicted octanol–water partition coefficient (Wildman–Crippen LogP) is 7.22. The van der Waals surface area contributed by atoms with Crippen molar-refractivity contribution in [2.24, 2.45) is 0 Å². The van der Waals surface area contributed by atoms with Crippen LogP contribution in [0.5, 0.6) is 0 Å². The lowest BCUT2D eigenvalue weighted by molar-refractivity contribution is 0.145. The fraction of sp³-hybridized carbons (Fsp3) is 1.00. The van der Waals surface area contributed by atoms with Gasteiger partial charge in [-0.1, -0.05) is 104 Å². The molecule has 0 fully saturated rings. The van der Waals surface area contributed by atoms with Crippen LogP contribution in [-0.4, -0.2) is 38.3 Å². The molecule has 0 saturated heterocycles. The van der Waals surface area contributed by atoms with Crippen molar-refractivity contribution in [1.29, 1.82) is 0 Å².